The third-order valence-corrected chi connectivity index (χ3v) is 2.51. The quantitative estimate of drug-likeness (QED) is 0.626. The van der Waals surface area contributed by atoms with Crippen molar-refractivity contribution in [2.45, 2.75) is 0 Å². The summed E-state index contributed by atoms with van der Waals surface area (Å²) in [7, 11) is 1.27. The highest BCUT2D eigenvalue weighted by Crippen LogP contribution is 2.15. The fourth-order valence-corrected chi connectivity index (χ4v) is 1.60. The third-order valence-electron chi connectivity index (χ3n) is 2.51. The number of hydrogen-bond acceptors (Lipinski definition) is 4. The van der Waals surface area contributed by atoms with Crippen molar-refractivity contribution < 1.29 is 19.1 Å². The molecular weight excluding hydrogens is 244 g/mol. The van der Waals surface area contributed by atoms with Crippen LogP contribution in [0.25, 0.3) is 0 Å². The lowest BCUT2D eigenvalue weighted by Gasteiger charge is -2.07. The molecule has 0 N–H and O–H groups in total. The van der Waals surface area contributed by atoms with Gasteiger partial charge in [0.2, 0.25) is 0 Å². The van der Waals surface area contributed by atoms with Crippen LogP contribution in [-0.2, 0) is 4.74 Å². The number of hydrogen-bond donors (Lipinski definition) is 0. The molecule has 0 atom stereocenters. The van der Waals surface area contributed by atoms with Crippen LogP contribution in [0.4, 0.5) is 0 Å². The van der Waals surface area contributed by atoms with Gasteiger partial charge in [-0.3, -0.25) is 0 Å². The minimum Gasteiger partial charge on any atom is -0.465 e. The van der Waals surface area contributed by atoms with Gasteiger partial charge in [0, 0.05) is 0 Å². The fraction of sp³-hybridized carbons (Fsp3) is 0.0667. The van der Waals surface area contributed by atoms with E-state index in [0.717, 1.165) is 0 Å². The number of ether oxygens (including phenoxy) is 2. The zero-order valence-corrected chi connectivity index (χ0v) is 10.3. The molecule has 96 valence electrons. The molecule has 0 amide bonds. The summed E-state index contributed by atoms with van der Waals surface area (Å²) in [4.78, 5) is 23.6. The molecule has 0 bridgehead atoms. The first-order valence-electron chi connectivity index (χ1n) is 5.67. The molecule has 0 saturated heterocycles. The largest absolute Gasteiger partial charge is 0.465 e. The van der Waals surface area contributed by atoms with E-state index in [9.17, 15) is 9.59 Å². The Morgan fingerprint density at radius 3 is 1.89 bits per heavy atom. The Morgan fingerprint density at radius 1 is 0.789 bits per heavy atom. The molecule has 0 radical (unpaired) electrons. The van der Waals surface area contributed by atoms with Crippen molar-refractivity contribution in [1.82, 2.24) is 0 Å². The zero-order chi connectivity index (χ0) is 13.7. The minimum absolute atomic E-state index is 0.179. The highest BCUT2D eigenvalue weighted by Gasteiger charge is 2.18. The summed E-state index contributed by atoms with van der Waals surface area (Å²) in [5, 5.41) is 0. The Labute approximate surface area is 110 Å². The van der Waals surface area contributed by atoms with Crippen LogP contribution in [0, 0.1) is 0 Å². The second kappa shape index (κ2) is 5.82. The molecule has 0 saturated carbocycles. The molecule has 2 aromatic carbocycles. The fourth-order valence-electron chi connectivity index (χ4n) is 1.60. The van der Waals surface area contributed by atoms with Crippen LogP contribution in [0.15, 0.2) is 54.6 Å². The Balaban J connectivity index is 2.27. The summed E-state index contributed by atoms with van der Waals surface area (Å²) in [5.74, 6) is -0.736. The summed E-state index contributed by atoms with van der Waals surface area (Å²) in [6.07, 6.45) is 0. The Morgan fingerprint density at radius 2 is 1.32 bits per heavy atom. The van der Waals surface area contributed by atoms with Crippen LogP contribution >= 0.6 is 0 Å². The molecule has 0 aromatic heterocycles. The van der Waals surface area contributed by atoms with Crippen molar-refractivity contribution in [3.8, 4) is 5.75 Å². The van der Waals surface area contributed by atoms with Crippen LogP contribution < -0.4 is 4.74 Å². The van der Waals surface area contributed by atoms with E-state index in [-0.39, 0.29) is 11.1 Å². The number of carbonyl (C=O) groups is 2. The standard InChI is InChI=1S/C15H12O4/c1-18-14(16)12-9-5-6-10-13(12)15(17)19-11-7-3-2-4-8-11/h2-10H,1H3. The van der Waals surface area contributed by atoms with Gasteiger partial charge in [-0.15, -0.1) is 0 Å². The SMILES string of the molecule is COC(=O)c1ccccc1C(=O)Oc1ccccc1. The normalized spacial score (nSPS) is 9.74. The number of carbonyl (C=O) groups excluding carboxylic acids is 2. The van der Waals surface area contributed by atoms with E-state index in [4.69, 9.17) is 4.74 Å². The molecule has 0 unspecified atom stereocenters. The summed E-state index contributed by atoms with van der Waals surface area (Å²) >= 11 is 0. The van der Waals surface area contributed by atoms with Gasteiger partial charge in [-0.05, 0) is 24.3 Å². The van der Waals surface area contributed by atoms with Crippen molar-refractivity contribution in [3.05, 3.63) is 65.7 Å². The molecule has 0 aliphatic carbocycles. The predicted octanol–water partition coefficient (Wildman–Crippen LogP) is 2.69. The number of esters is 2. The number of rotatable bonds is 3. The lowest BCUT2D eigenvalue weighted by Crippen LogP contribution is -2.14. The highest BCUT2D eigenvalue weighted by atomic mass is 16.5. The van der Waals surface area contributed by atoms with Crippen LogP contribution in [-0.4, -0.2) is 19.0 Å². The van der Waals surface area contributed by atoms with E-state index in [1.54, 1.807) is 36.4 Å². The predicted molar refractivity (Wildman–Crippen MR) is 69.2 cm³/mol. The zero-order valence-electron chi connectivity index (χ0n) is 10.3. The molecule has 19 heavy (non-hydrogen) atoms. The molecule has 4 nitrogen and oxygen atoms in total. The van der Waals surface area contributed by atoms with E-state index in [1.165, 1.54) is 19.2 Å². The van der Waals surface area contributed by atoms with E-state index in [1.807, 2.05) is 6.07 Å². The van der Waals surface area contributed by atoms with Crippen LogP contribution in [0.5, 0.6) is 5.75 Å². The number of benzene rings is 2. The first kappa shape index (κ1) is 12.8. The van der Waals surface area contributed by atoms with Crippen molar-refractivity contribution in [1.29, 1.82) is 0 Å². The first-order valence-corrected chi connectivity index (χ1v) is 5.67. The lowest BCUT2D eigenvalue weighted by molar-refractivity contribution is 0.0587. The van der Waals surface area contributed by atoms with Gasteiger partial charge in [0.05, 0.1) is 18.2 Å². The third kappa shape index (κ3) is 2.98. The van der Waals surface area contributed by atoms with Gasteiger partial charge in [0.1, 0.15) is 5.75 Å². The molecule has 2 rings (SSSR count). The number of para-hydroxylation sites is 1. The van der Waals surface area contributed by atoms with Crippen molar-refractivity contribution in [2.75, 3.05) is 7.11 Å². The summed E-state index contributed by atoms with van der Waals surface area (Å²) in [6.45, 7) is 0. The summed E-state index contributed by atoms with van der Waals surface area (Å²) in [6, 6.07) is 15.0. The van der Waals surface area contributed by atoms with Gasteiger partial charge in [-0.2, -0.15) is 0 Å². The topological polar surface area (TPSA) is 52.6 Å². The summed E-state index contributed by atoms with van der Waals surface area (Å²) < 4.78 is 9.82. The Hall–Kier alpha value is -2.62. The number of methoxy groups -OCH3 is 1. The van der Waals surface area contributed by atoms with Crippen LogP contribution in [0.3, 0.4) is 0 Å². The van der Waals surface area contributed by atoms with E-state index < -0.39 is 11.9 Å². The maximum Gasteiger partial charge on any atom is 0.344 e. The smallest absolute Gasteiger partial charge is 0.344 e. The van der Waals surface area contributed by atoms with Crippen molar-refractivity contribution in [2.24, 2.45) is 0 Å². The molecule has 4 heteroatoms. The molecule has 0 aliphatic heterocycles. The molecular formula is C15H12O4. The molecule has 0 spiro atoms. The minimum atomic E-state index is -0.591. The maximum atomic E-state index is 12.0. The molecule has 2 aromatic rings. The van der Waals surface area contributed by atoms with E-state index >= 15 is 0 Å². The molecule has 0 fully saturated rings. The summed E-state index contributed by atoms with van der Waals surface area (Å²) in [5.41, 5.74) is 0.365. The highest BCUT2D eigenvalue weighted by molar-refractivity contribution is 6.03. The molecule has 0 heterocycles. The van der Waals surface area contributed by atoms with Crippen molar-refractivity contribution in [3.63, 3.8) is 0 Å². The van der Waals surface area contributed by atoms with E-state index in [2.05, 4.69) is 4.74 Å². The Kier molecular flexibility index (Phi) is 3.93. The first-order chi connectivity index (χ1) is 9.22. The van der Waals surface area contributed by atoms with Gasteiger partial charge in [-0.25, -0.2) is 9.59 Å². The van der Waals surface area contributed by atoms with E-state index in [0.29, 0.717) is 5.75 Å². The van der Waals surface area contributed by atoms with Gasteiger partial charge in [0.15, 0.2) is 0 Å². The van der Waals surface area contributed by atoms with Gasteiger partial charge < -0.3 is 9.47 Å². The van der Waals surface area contributed by atoms with Gasteiger partial charge in [0.25, 0.3) is 0 Å². The second-order valence-corrected chi connectivity index (χ2v) is 3.74. The average molecular weight is 256 g/mol. The Bertz CT molecular complexity index is 590. The van der Waals surface area contributed by atoms with Crippen LogP contribution in [0.1, 0.15) is 20.7 Å². The monoisotopic (exact) mass is 256 g/mol. The lowest BCUT2D eigenvalue weighted by atomic mass is 10.1. The maximum absolute atomic E-state index is 12.0. The molecule has 0 aliphatic rings. The van der Waals surface area contributed by atoms with Gasteiger partial charge in [-0.1, -0.05) is 30.3 Å². The van der Waals surface area contributed by atoms with Gasteiger partial charge >= 0.3 is 11.9 Å². The average Bonchev–Trinajstić information content (AvgIpc) is 2.47. The van der Waals surface area contributed by atoms with Crippen LogP contribution in [0.2, 0.25) is 0 Å². The van der Waals surface area contributed by atoms with Crippen molar-refractivity contribution >= 4 is 11.9 Å². The second-order valence-electron chi connectivity index (χ2n) is 3.74.